The van der Waals surface area contributed by atoms with Crippen LogP contribution in [0.4, 0.5) is 34.4 Å². The average Bonchev–Trinajstić information content (AvgIpc) is 4.01. The van der Waals surface area contributed by atoms with Gasteiger partial charge in [-0.3, -0.25) is 43.9 Å². The van der Waals surface area contributed by atoms with Crippen molar-refractivity contribution in [2.75, 3.05) is 58.1 Å². The van der Waals surface area contributed by atoms with Gasteiger partial charge in [0.2, 0.25) is 17.7 Å². The first-order valence-corrected chi connectivity index (χ1v) is 26.1. The first kappa shape index (κ1) is 49.6. The van der Waals surface area contributed by atoms with Crippen LogP contribution in [0.25, 0.3) is 11.3 Å². The summed E-state index contributed by atoms with van der Waals surface area (Å²) in [6, 6.07) is 15.3. The number of piperazine rings is 1. The quantitative estimate of drug-likeness (QED) is 0.100. The van der Waals surface area contributed by atoms with E-state index in [1.807, 2.05) is 30.3 Å². The molecular formula is C56H64N12O7. The van der Waals surface area contributed by atoms with E-state index < -0.39 is 24.1 Å². The number of imide groups is 1. The number of carbonyl (C=O) groups is 5. The van der Waals surface area contributed by atoms with Crippen molar-refractivity contribution in [3.8, 4) is 11.3 Å². The Hall–Kier alpha value is -7.64. The fourth-order valence-electron chi connectivity index (χ4n) is 12.6. The normalized spacial score (nSPS) is 22.5. The van der Waals surface area contributed by atoms with Gasteiger partial charge >= 0.3 is 0 Å². The van der Waals surface area contributed by atoms with Gasteiger partial charge in [-0.25, -0.2) is 9.97 Å². The molecule has 3 aromatic heterocycles. The van der Waals surface area contributed by atoms with Gasteiger partial charge in [0.1, 0.15) is 17.6 Å². The first-order chi connectivity index (χ1) is 36.0. The number of amides is 5. The molecule has 0 bridgehead atoms. The Labute approximate surface area is 435 Å². The highest BCUT2D eigenvalue weighted by Crippen LogP contribution is 2.41. The standard InChI is InChI=1S/C56H64N12O7/c1-7-48(70)59-42-25-36(58-50-55(75)62(6)30-43(60-50)40-14-16-57-51(41(40)31-69)67-21-20-66-46(54(67)74)24-34-26-56(4,5)27-47(34)66)8-11-44(42)65-19-18-63(28-33(65)3)37-15-17-64(32(2)22-37)38-9-10-39-35(23-38)29-68(53(39)73)45-12-13-49(71)61-52(45)72/h7-11,14,16,23-25,30,32-33,37,45,69H,1,12-13,15,17-22,26-29,31H2,2-6H3,(H,58,60)(H,59,70)(H,61,71,72)/t32-,33+,37?,45?/m1/s1. The lowest BCUT2D eigenvalue weighted by Gasteiger charge is -2.48. The minimum absolute atomic E-state index is 0.0280. The van der Waals surface area contributed by atoms with E-state index >= 15 is 0 Å². The molecule has 0 spiro atoms. The monoisotopic (exact) mass is 1020 g/mol. The number of piperidine rings is 2. The molecule has 19 heteroatoms. The van der Waals surface area contributed by atoms with E-state index in [4.69, 9.17) is 4.98 Å². The third-order valence-corrected chi connectivity index (χ3v) is 16.3. The summed E-state index contributed by atoms with van der Waals surface area (Å²) < 4.78 is 3.56. The Bertz CT molecular complexity index is 3270. The van der Waals surface area contributed by atoms with Crippen LogP contribution in [0.1, 0.15) is 96.6 Å². The van der Waals surface area contributed by atoms with Gasteiger partial charge in [0.05, 0.1) is 23.7 Å². The van der Waals surface area contributed by atoms with Crippen LogP contribution >= 0.6 is 0 Å². The molecular weight excluding hydrogens is 953 g/mol. The zero-order valence-corrected chi connectivity index (χ0v) is 43.2. The Morgan fingerprint density at radius 2 is 1.72 bits per heavy atom. The lowest BCUT2D eigenvalue weighted by atomic mass is 9.90. The number of carbonyl (C=O) groups excluding carboxylic acids is 5. The summed E-state index contributed by atoms with van der Waals surface area (Å²) >= 11 is 0. The summed E-state index contributed by atoms with van der Waals surface area (Å²) in [5, 5.41) is 19.5. The number of aliphatic hydroxyl groups is 1. The molecule has 19 nitrogen and oxygen atoms in total. The number of hydrogen-bond donors (Lipinski definition) is 4. The number of aromatic nitrogens is 4. The van der Waals surface area contributed by atoms with Crippen molar-refractivity contribution in [1.82, 2.24) is 34.2 Å². The van der Waals surface area contributed by atoms with E-state index in [0.29, 0.717) is 83.9 Å². The predicted octanol–water partition coefficient (Wildman–Crippen LogP) is 5.12. The third kappa shape index (κ3) is 9.04. The third-order valence-electron chi connectivity index (χ3n) is 16.3. The maximum absolute atomic E-state index is 14.1. The second-order valence-corrected chi connectivity index (χ2v) is 21.9. The van der Waals surface area contributed by atoms with Crippen molar-refractivity contribution in [2.45, 2.75) is 110 Å². The number of nitrogens with one attached hydrogen (secondary N) is 3. The molecule has 4 N–H and O–H groups in total. The van der Waals surface area contributed by atoms with E-state index in [0.717, 1.165) is 62.3 Å². The summed E-state index contributed by atoms with van der Waals surface area (Å²) in [6.07, 6.45) is 8.71. The summed E-state index contributed by atoms with van der Waals surface area (Å²) in [6.45, 7) is 16.7. The van der Waals surface area contributed by atoms with E-state index in [9.17, 15) is 33.9 Å². The Morgan fingerprint density at radius 1 is 0.893 bits per heavy atom. The van der Waals surface area contributed by atoms with Crippen LogP contribution in [0, 0.1) is 5.41 Å². The number of nitrogens with zero attached hydrogens (tertiary/aromatic N) is 9. The first-order valence-electron chi connectivity index (χ1n) is 26.1. The number of aliphatic hydroxyl groups excluding tert-OH is 1. The van der Waals surface area contributed by atoms with Gasteiger partial charge in [-0.05, 0) is 117 Å². The smallest absolute Gasteiger partial charge is 0.293 e. The van der Waals surface area contributed by atoms with Crippen LogP contribution in [-0.4, -0.2) is 120 Å². The van der Waals surface area contributed by atoms with Crippen LogP contribution in [-0.2, 0) is 54.0 Å². The minimum Gasteiger partial charge on any atom is -0.392 e. The number of hydrogen-bond acceptors (Lipinski definition) is 13. The van der Waals surface area contributed by atoms with E-state index in [2.05, 4.69) is 80.5 Å². The number of fused-ring (bicyclic) bond motifs is 4. The fraction of sp³-hybridized carbons (Fsp3) is 0.429. The molecule has 390 valence electrons. The lowest BCUT2D eigenvalue weighted by molar-refractivity contribution is -0.137. The summed E-state index contributed by atoms with van der Waals surface area (Å²) in [7, 11) is 1.63. The maximum atomic E-state index is 14.1. The van der Waals surface area contributed by atoms with Crippen molar-refractivity contribution in [1.29, 1.82) is 0 Å². The molecule has 2 unspecified atom stereocenters. The molecule has 6 aliphatic rings. The number of pyridine rings is 1. The predicted molar refractivity (Wildman–Crippen MR) is 285 cm³/mol. The number of rotatable bonds is 11. The molecule has 1 aliphatic carbocycles. The maximum Gasteiger partial charge on any atom is 0.293 e. The average molecular weight is 1020 g/mol. The van der Waals surface area contributed by atoms with Crippen LogP contribution in [0.2, 0.25) is 0 Å². The second-order valence-electron chi connectivity index (χ2n) is 21.9. The van der Waals surface area contributed by atoms with E-state index in [1.165, 1.54) is 21.9 Å². The van der Waals surface area contributed by atoms with Gasteiger partial charge in [0, 0.05) is 124 Å². The lowest BCUT2D eigenvalue weighted by Crippen LogP contribution is -2.58. The van der Waals surface area contributed by atoms with Gasteiger partial charge in [0.25, 0.3) is 17.4 Å². The molecule has 5 aliphatic heterocycles. The van der Waals surface area contributed by atoms with Crippen molar-refractivity contribution in [3.05, 3.63) is 118 Å². The molecule has 3 fully saturated rings. The number of aryl methyl sites for hydroxylation is 1. The molecule has 5 aromatic rings. The molecule has 4 atom stereocenters. The van der Waals surface area contributed by atoms with Gasteiger partial charge in [-0.15, -0.1) is 0 Å². The zero-order valence-electron chi connectivity index (χ0n) is 43.2. The zero-order chi connectivity index (χ0) is 52.6. The molecule has 3 saturated heterocycles. The molecule has 75 heavy (non-hydrogen) atoms. The largest absolute Gasteiger partial charge is 0.392 e. The van der Waals surface area contributed by atoms with Gasteiger partial charge in [0.15, 0.2) is 5.82 Å². The highest BCUT2D eigenvalue weighted by atomic mass is 16.3. The van der Waals surface area contributed by atoms with Crippen molar-refractivity contribution >= 4 is 63.9 Å². The molecule has 0 saturated carbocycles. The van der Waals surface area contributed by atoms with Crippen molar-refractivity contribution in [3.63, 3.8) is 0 Å². The molecule has 2 aromatic carbocycles. The molecule has 5 amide bonds. The van der Waals surface area contributed by atoms with Crippen LogP contribution in [0.5, 0.6) is 0 Å². The molecule has 11 rings (SSSR count). The highest BCUT2D eigenvalue weighted by molar-refractivity contribution is 6.07. The van der Waals surface area contributed by atoms with Gasteiger partial charge in [-0.1, -0.05) is 20.4 Å². The van der Waals surface area contributed by atoms with Gasteiger partial charge in [-0.2, -0.15) is 0 Å². The Balaban J connectivity index is 0.771. The Kier molecular flexibility index (Phi) is 12.7. The van der Waals surface area contributed by atoms with Crippen LogP contribution < -0.4 is 36.2 Å². The van der Waals surface area contributed by atoms with Crippen LogP contribution in [0.3, 0.4) is 0 Å². The molecule has 0 radical (unpaired) electrons. The van der Waals surface area contributed by atoms with Crippen LogP contribution in [0.15, 0.2) is 78.4 Å². The topological polar surface area (TPSA) is 211 Å². The Morgan fingerprint density at radius 3 is 2.48 bits per heavy atom. The van der Waals surface area contributed by atoms with Crippen molar-refractivity contribution < 1.29 is 29.1 Å². The summed E-state index contributed by atoms with van der Waals surface area (Å²) in [5.74, 6) is -1.07. The number of anilines is 6. The van der Waals surface area contributed by atoms with E-state index in [1.54, 1.807) is 41.4 Å². The number of benzene rings is 2. The minimum atomic E-state index is -0.650. The van der Waals surface area contributed by atoms with E-state index in [-0.39, 0.29) is 53.4 Å². The summed E-state index contributed by atoms with van der Waals surface area (Å²) in [5.41, 5.74) is 8.61. The highest BCUT2D eigenvalue weighted by Gasteiger charge is 2.41. The van der Waals surface area contributed by atoms with Gasteiger partial charge < -0.3 is 39.6 Å². The second kappa shape index (κ2) is 19.2. The SMILES string of the molecule is C=CC(=O)Nc1cc(Nc2nc(-c3ccnc(N4CCn5c(cc6c5CC(C)(C)C6)C4=O)c3CO)cn(C)c2=O)ccc1N1CCN(C2CCN(c3ccc4c(c3)CN(C3CCC(=O)NC3=O)C4=O)[C@H](C)C2)C[C@@H]1C. The van der Waals surface area contributed by atoms with Crippen molar-refractivity contribution in [2.24, 2.45) is 12.5 Å². The molecule has 8 heterocycles. The fourth-order valence-corrected chi connectivity index (χ4v) is 12.6. The summed E-state index contributed by atoms with van der Waals surface area (Å²) in [4.78, 5) is 98.4.